The minimum Gasteiger partial charge on any atom is -0.492 e. The Morgan fingerprint density at radius 2 is 2.12 bits per heavy atom. The van der Waals surface area contributed by atoms with Crippen molar-refractivity contribution in [2.24, 2.45) is 11.1 Å². The second kappa shape index (κ2) is 5.01. The first-order valence-corrected chi connectivity index (χ1v) is 5.47. The molecule has 0 atom stereocenters. The van der Waals surface area contributed by atoms with Gasteiger partial charge in [-0.15, -0.1) is 0 Å². The van der Waals surface area contributed by atoms with E-state index in [0.717, 1.165) is 12.2 Å². The van der Waals surface area contributed by atoms with Crippen LogP contribution >= 0.6 is 0 Å². The van der Waals surface area contributed by atoms with Gasteiger partial charge in [-0.1, -0.05) is 19.1 Å². The minimum atomic E-state index is -0.637. The molecule has 1 aromatic carbocycles. The Labute approximate surface area is 96.6 Å². The highest BCUT2D eigenvalue weighted by Crippen LogP contribution is 2.19. The third-order valence-electron chi connectivity index (χ3n) is 2.57. The number of benzene rings is 1. The number of rotatable bonds is 5. The van der Waals surface area contributed by atoms with Crippen LogP contribution in [-0.4, -0.2) is 12.5 Å². The second-order valence-corrected chi connectivity index (χ2v) is 4.54. The molecule has 0 heterocycles. The maximum Gasteiger partial charge on any atom is 0.226 e. The highest BCUT2D eigenvalue weighted by Gasteiger charge is 2.25. The Bertz CT molecular complexity index is 372. The summed E-state index contributed by atoms with van der Waals surface area (Å²) in [5, 5.41) is 0. The van der Waals surface area contributed by atoms with Gasteiger partial charge >= 0.3 is 0 Å². The maximum atomic E-state index is 11.1. The van der Waals surface area contributed by atoms with Gasteiger partial charge in [-0.05, 0) is 38.0 Å². The molecule has 16 heavy (non-hydrogen) atoms. The standard InChI is InChI=1S/C13H19NO2/c1-4-10-6-5-7-11(8-10)16-9-13(2,3)12(14)15/h5-8H,4,9H2,1-3H3,(H2,14,15). The molecule has 0 fully saturated rings. The van der Waals surface area contributed by atoms with Gasteiger partial charge in [-0.25, -0.2) is 0 Å². The lowest BCUT2D eigenvalue weighted by Crippen LogP contribution is -2.36. The smallest absolute Gasteiger partial charge is 0.226 e. The van der Waals surface area contributed by atoms with Gasteiger partial charge in [0.25, 0.3) is 0 Å². The number of nitrogens with two attached hydrogens (primary N) is 1. The van der Waals surface area contributed by atoms with E-state index in [-0.39, 0.29) is 5.91 Å². The SMILES string of the molecule is CCc1cccc(OCC(C)(C)C(N)=O)c1. The minimum absolute atomic E-state index is 0.301. The van der Waals surface area contributed by atoms with Crippen molar-refractivity contribution in [3.63, 3.8) is 0 Å². The lowest BCUT2D eigenvalue weighted by molar-refractivity contribution is -0.127. The van der Waals surface area contributed by atoms with Gasteiger partial charge in [-0.3, -0.25) is 4.79 Å². The number of aryl methyl sites for hydroxylation is 1. The number of carbonyl (C=O) groups excluding carboxylic acids is 1. The van der Waals surface area contributed by atoms with E-state index in [1.165, 1.54) is 5.56 Å². The molecule has 0 aliphatic rings. The first-order valence-electron chi connectivity index (χ1n) is 5.47. The predicted octanol–water partition coefficient (Wildman–Crippen LogP) is 2.14. The lowest BCUT2D eigenvalue weighted by Gasteiger charge is -2.20. The van der Waals surface area contributed by atoms with E-state index in [0.29, 0.717) is 6.61 Å². The van der Waals surface area contributed by atoms with E-state index in [4.69, 9.17) is 10.5 Å². The molecule has 3 nitrogen and oxygen atoms in total. The van der Waals surface area contributed by atoms with Gasteiger partial charge in [0.05, 0.1) is 5.41 Å². The van der Waals surface area contributed by atoms with Gasteiger partial charge < -0.3 is 10.5 Å². The van der Waals surface area contributed by atoms with Crippen LogP contribution in [0.2, 0.25) is 0 Å². The van der Waals surface area contributed by atoms with Crippen molar-refractivity contribution in [1.29, 1.82) is 0 Å². The molecule has 0 radical (unpaired) electrons. The van der Waals surface area contributed by atoms with Crippen molar-refractivity contribution >= 4 is 5.91 Å². The van der Waals surface area contributed by atoms with Gasteiger partial charge in [0.15, 0.2) is 0 Å². The summed E-state index contributed by atoms with van der Waals surface area (Å²) in [6.45, 7) is 5.94. The zero-order valence-corrected chi connectivity index (χ0v) is 10.1. The molecule has 0 saturated carbocycles. The third kappa shape index (κ3) is 3.26. The second-order valence-electron chi connectivity index (χ2n) is 4.54. The Balaban J connectivity index is 2.64. The van der Waals surface area contributed by atoms with Crippen LogP contribution in [0.3, 0.4) is 0 Å². The average molecular weight is 221 g/mol. The van der Waals surface area contributed by atoms with E-state index >= 15 is 0 Å². The summed E-state index contributed by atoms with van der Waals surface area (Å²) in [5.74, 6) is 0.438. The van der Waals surface area contributed by atoms with E-state index < -0.39 is 5.41 Å². The number of carbonyl (C=O) groups is 1. The molecular formula is C13H19NO2. The summed E-state index contributed by atoms with van der Waals surface area (Å²) in [6, 6.07) is 7.87. The Morgan fingerprint density at radius 3 is 2.69 bits per heavy atom. The molecule has 1 rings (SSSR count). The molecule has 1 amide bonds. The number of amides is 1. The molecule has 2 N–H and O–H groups in total. The van der Waals surface area contributed by atoms with E-state index in [1.54, 1.807) is 13.8 Å². The quantitative estimate of drug-likeness (QED) is 0.828. The predicted molar refractivity (Wildman–Crippen MR) is 64.3 cm³/mol. The third-order valence-corrected chi connectivity index (χ3v) is 2.57. The number of ether oxygens (including phenoxy) is 1. The van der Waals surface area contributed by atoms with Gasteiger partial charge in [0.2, 0.25) is 5.91 Å². The molecule has 0 aromatic heterocycles. The summed E-state index contributed by atoms with van der Waals surface area (Å²) in [5.41, 5.74) is 5.85. The van der Waals surface area contributed by atoms with Crippen LogP contribution in [0.15, 0.2) is 24.3 Å². The fourth-order valence-corrected chi connectivity index (χ4v) is 1.19. The molecule has 0 bridgehead atoms. The fourth-order valence-electron chi connectivity index (χ4n) is 1.19. The molecule has 0 spiro atoms. The molecule has 1 aromatic rings. The summed E-state index contributed by atoms with van der Waals surface area (Å²) in [6.07, 6.45) is 0.969. The summed E-state index contributed by atoms with van der Waals surface area (Å²) < 4.78 is 5.57. The highest BCUT2D eigenvalue weighted by atomic mass is 16.5. The summed E-state index contributed by atoms with van der Waals surface area (Å²) in [7, 11) is 0. The van der Waals surface area contributed by atoms with Crippen LogP contribution < -0.4 is 10.5 Å². The van der Waals surface area contributed by atoms with Crippen LogP contribution in [0.4, 0.5) is 0 Å². The molecule has 88 valence electrons. The molecular weight excluding hydrogens is 202 g/mol. The first-order chi connectivity index (χ1) is 7.45. The molecule has 0 saturated heterocycles. The van der Waals surface area contributed by atoms with Gasteiger partial charge in [-0.2, -0.15) is 0 Å². The van der Waals surface area contributed by atoms with Crippen LogP contribution in [0.1, 0.15) is 26.3 Å². The van der Waals surface area contributed by atoms with E-state index in [1.807, 2.05) is 24.3 Å². The highest BCUT2D eigenvalue weighted by molar-refractivity contribution is 5.80. The molecule has 3 heteroatoms. The van der Waals surface area contributed by atoms with Crippen molar-refractivity contribution < 1.29 is 9.53 Å². The van der Waals surface area contributed by atoms with Crippen molar-refractivity contribution in [2.75, 3.05) is 6.61 Å². The van der Waals surface area contributed by atoms with Crippen LogP contribution in [0.25, 0.3) is 0 Å². The van der Waals surface area contributed by atoms with Crippen molar-refractivity contribution in [3.8, 4) is 5.75 Å². The average Bonchev–Trinajstić information content (AvgIpc) is 2.26. The summed E-state index contributed by atoms with van der Waals surface area (Å²) >= 11 is 0. The van der Waals surface area contributed by atoms with E-state index in [9.17, 15) is 4.79 Å². The van der Waals surface area contributed by atoms with Crippen LogP contribution in [-0.2, 0) is 11.2 Å². The lowest BCUT2D eigenvalue weighted by atomic mass is 9.94. The number of hydrogen-bond donors (Lipinski definition) is 1. The monoisotopic (exact) mass is 221 g/mol. The molecule has 0 aliphatic carbocycles. The zero-order chi connectivity index (χ0) is 12.2. The fraction of sp³-hybridized carbons (Fsp3) is 0.462. The van der Waals surface area contributed by atoms with Crippen molar-refractivity contribution in [2.45, 2.75) is 27.2 Å². The van der Waals surface area contributed by atoms with Crippen LogP contribution in [0.5, 0.6) is 5.75 Å². The number of hydrogen-bond acceptors (Lipinski definition) is 2. The van der Waals surface area contributed by atoms with E-state index in [2.05, 4.69) is 6.92 Å². The van der Waals surface area contributed by atoms with Gasteiger partial charge in [0.1, 0.15) is 12.4 Å². The number of primary amides is 1. The largest absolute Gasteiger partial charge is 0.492 e. The van der Waals surface area contributed by atoms with Crippen LogP contribution in [0, 0.1) is 5.41 Å². The molecule has 0 aliphatic heterocycles. The Hall–Kier alpha value is -1.51. The molecule has 0 unspecified atom stereocenters. The Morgan fingerprint density at radius 1 is 1.44 bits per heavy atom. The normalized spacial score (nSPS) is 11.2. The van der Waals surface area contributed by atoms with Crippen molar-refractivity contribution in [3.05, 3.63) is 29.8 Å². The summed E-state index contributed by atoms with van der Waals surface area (Å²) in [4.78, 5) is 11.1. The Kier molecular flexibility index (Phi) is 3.93. The van der Waals surface area contributed by atoms with Gasteiger partial charge in [0, 0.05) is 0 Å². The zero-order valence-electron chi connectivity index (χ0n) is 10.1. The topological polar surface area (TPSA) is 52.3 Å². The van der Waals surface area contributed by atoms with Crippen molar-refractivity contribution in [1.82, 2.24) is 0 Å². The first kappa shape index (κ1) is 12.6. The maximum absolute atomic E-state index is 11.1.